The number of benzene rings is 2. The molecule has 2 rings (SSSR count). The van der Waals surface area contributed by atoms with E-state index in [0.717, 1.165) is 5.56 Å². The van der Waals surface area contributed by atoms with Crippen molar-refractivity contribution in [2.45, 2.75) is 37.9 Å². The van der Waals surface area contributed by atoms with Gasteiger partial charge >= 0.3 is 5.97 Å². The molecule has 0 saturated heterocycles. The van der Waals surface area contributed by atoms with Crippen LogP contribution in [0.1, 0.15) is 18.1 Å². The number of nitrogens with one attached hydrogen (secondary N) is 3. The zero-order chi connectivity index (χ0) is 25.3. The van der Waals surface area contributed by atoms with Crippen LogP contribution < -0.4 is 21.7 Å². The molecule has 11 nitrogen and oxygen atoms in total. The second-order valence-electron chi connectivity index (χ2n) is 7.75. The zero-order valence-electron chi connectivity index (χ0n) is 18.5. The van der Waals surface area contributed by atoms with Gasteiger partial charge in [0.15, 0.2) is 0 Å². The summed E-state index contributed by atoms with van der Waals surface area (Å²) in [6.45, 7) is 0.798. The van der Waals surface area contributed by atoms with E-state index >= 15 is 0 Å². The minimum atomic E-state index is -1.24. The van der Waals surface area contributed by atoms with Gasteiger partial charge in [-0.25, -0.2) is 0 Å². The van der Waals surface area contributed by atoms with Crippen molar-refractivity contribution in [3.05, 3.63) is 59.7 Å². The SMILES string of the molecule is CC(NC(=O)C(N)Cc1ccc(O)cc1)C(=O)NC(Cc1ccc(O)cc1)C(=O)NCC(=O)O. The standard InChI is InChI=1S/C23H28N4O7/c1-13(26-22(33)18(24)10-14-2-6-16(28)7-3-14)21(32)27-19(23(34)25-12-20(30)31)11-15-4-8-17(29)9-5-15/h2-9,13,18-19,28-29H,10-12,24H2,1H3,(H,25,34)(H,26,33)(H,27,32)(H,30,31). The van der Waals surface area contributed by atoms with E-state index in [0.29, 0.717) is 5.56 Å². The molecule has 2 aromatic carbocycles. The van der Waals surface area contributed by atoms with Gasteiger partial charge in [0.2, 0.25) is 17.7 Å². The predicted molar refractivity (Wildman–Crippen MR) is 122 cm³/mol. The highest BCUT2D eigenvalue weighted by atomic mass is 16.4. The number of aliphatic carboxylic acids is 1. The molecule has 0 aliphatic carbocycles. The van der Waals surface area contributed by atoms with Crippen LogP contribution in [-0.4, -0.2) is 63.7 Å². The van der Waals surface area contributed by atoms with Gasteiger partial charge in [0.1, 0.15) is 30.1 Å². The number of amides is 3. The van der Waals surface area contributed by atoms with Gasteiger partial charge in [-0.3, -0.25) is 19.2 Å². The molecule has 182 valence electrons. The largest absolute Gasteiger partial charge is 0.508 e. The van der Waals surface area contributed by atoms with E-state index in [1.165, 1.54) is 31.2 Å². The number of carbonyl (C=O) groups excluding carboxylic acids is 3. The summed E-state index contributed by atoms with van der Waals surface area (Å²) in [5, 5.41) is 34.8. The highest BCUT2D eigenvalue weighted by Gasteiger charge is 2.26. The first-order valence-corrected chi connectivity index (χ1v) is 10.5. The van der Waals surface area contributed by atoms with Crippen molar-refractivity contribution in [1.29, 1.82) is 0 Å². The Kier molecular flexibility index (Phi) is 9.38. The smallest absolute Gasteiger partial charge is 0.322 e. The molecule has 0 heterocycles. The minimum absolute atomic E-state index is 0.0263. The van der Waals surface area contributed by atoms with Crippen molar-refractivity contribution in [3.63, 3.8) is 0 Å². The molecule has 11 heteroatoms. The second kappa shape index (κ2) is 12.2. The summed E-state index contributed by atoms with van der Waals surface area (Å²) in [6, 6.07) is 9.05. The Morgan fingerprint density at radius 1 is 0.794 bits per heavy atom. The number of carbonyl (C=O) groups is 4. The van der Waals surface area contributed by atoms with Gasteiger partial charge in [-0.05, 0) is 48.7 Å². The number of aromatic hydroxyl groups is 2. The molecular formula is C23H28N4O7. The van der Waals surface area contributed by atoms with Crippen LogP contribution in [0, 0.1) is 0 Å². The molecule has 0 spiro atoms. The third-order valence-corrected chi connectivity index (χ3v) is 4.90. The Bertz CT molecular complexity index is 1010. The van der Waals surface area contributed by atoms with Crippen LogP contribution in [0.5, 0.6) is 11.5 Å². The Hall–Kier alpha value is -4.12. The van der Waals surface area contributed by atoms with E-state index in [1.807, 2.05) is 0 Å². The Labute approximate surface area is 196 Å². The van der Waals surface area contributed by atoms with E-state index in [-0.39, 0.29) is 24.3 Å². The zero-order valence-corrected chi connectivity index (χ0v) is 18.5. The summed E-state index contributed by atoms with van der Waals surface area (Å²) < 4.78 is 0. The molecule has 0 aliphatic heterocycles. The molecular weight excluding hydrogens is 444 g/mol. The number of phenolic OH excluding ortho intramolecular Hbond substituents is 2. The van der Waals surface area contributed by atoms with E-state index in [2.05, 4.69) is 16.0 Å². The van der Waals surface area contributed by atoms with Crippen LogP contribution >= 0.6 is 0 Å². The molecule has 8 N–H and O–H groups in total. The molecule has 0 bridgehead atoms. The van der Waals surface area contributed by atoms with E-state index < -0.39 is 48.4 Å². The molecule has 2 aromatic rings. The normalized spacial score (nSPS) is 13.2. The fourth-order valence-electron chi connectivity index (χ4n) is 3.02. The average molecular weight is 472 g/mol. The first-order chi connectivity index (χ1) is 16.0. The maximum Gasteiger partial charge on any atom is 0.322 e. The van der Waals surface area contributed by atoms with Gasteiger partial charge in [-0.15, -0.1) is 0 Å². The average Bonchev–Trinajstić information content (AvgIpc) is 2.79. The molecule has 0 radical (unpaired) electrons. The lowest BCUT2D eigenvalue weighted by Gasteiger charge is -2.22. The first-order valence-electron chi connectivity index (χ1n) is 10.5. The number of carboxylic acids is 1. The molecule has 0 saturated carbocycles. The van der Waals surface area contributed by atoms with Crippen LogP contribution in [0.15, 0.2) is 48.5 Å². The van der Waals surface area contributed by atoms with Crippen LogP contribution in [-0.2, 0) is 32.0 Å². The van der Waals surface area contributed by atoms with E-state index in [9.17, 15) is 29.4 Å². The maximum absolute atomic E-state index is 12.7. The Balaban J connectivity index is 1.99. The second-order valence-corrected chi connectivity index (χ2v) is 7.75. The lowest BCUT2D eigenvalue weighted by atomic mass is 10.0. The number of phenols is 2. The fraction of sp³-hybridized carbons (Fsp3) is 0.304. The summed E-state index contributed by atoms with van der Waals surface area (Å²) in [6.07, 6.45) is 0.208. The number of carboxylic acid groups (broad SMARTS) is 1. The van der Waals surface area contributed by atoms with Crippen molar-refractivity contribution in [2.24, 2.45) is 5.73 Å². The van der Waals surface area contributed by atoms with Gasteiger partial charge in [0, 0.05) is 6.42 Å². The van der Waals surface area contributed by atoms with Crippen LogP contribution in [0.2, 0.25) is 0 Å². The minimum Gasteiger partial charge on any atom is -0.508 e. The number of hydrogen-bond acceptors (Lipinski definition) is 7. The highest BCUT2D eigenvalue weighted by molar-refractivity contribution is 5.93. The number of nitrogens with two attached hydrogens (primary N) is 1. The number of rotatable bonds is 11. The lowest BCUT2D eigenvalue weighted by Crippen LogP contribution is -2.55. The molecule has 34 heavy (non-hydrogen) atoms. The van der Waals surface area contributed by atoms with Gasteiger partial charge in [-0.2, -0.15) is 0 Å². The van der Waals surface area contributed by atoms with Crippen molar-refractivity contribution < 1.29 is 34.5 Å². The van der Waals surface area contributed by atoms with Crippen LogP contribution in [0.3, 0.4) is 0 Å². The molecule has 3 amide bonds. The van der Waals surface area contributed by atoms with Gasteiger partial charge in [0.25, 0.3) is 0 Å². The Morgan fingerprint density at radius 3 is 1.79 bits per heavy atom. The summed E-state index contributed by atoms with van der Waals surface area (Å²) >= 11 is 0. The van der Waals surface area contributed by atoms with Crippen molar-refractivity contribution >= 4 is 23.7 Å². The lowest BCUT2D eigenvalue weighted by molar-refractivity contribution is -0.138. The highest BCUT2D eigenvalue weighted by Crippen LogP contribution is 2.12. The molecule has 3 unspecified atom stereocenters. The topological polar surface area (TPSA) is 191 Å². The molecule has 0 aliphatic rings. The van der Waals surface area contributed by atoms with Crippen LogP contribution in [0.25, 0.3) is 0 Å². The van der Waals surface area contributed by atoms with Gasteiger partial charge in [-0.1, -0.05) is 24.3 Å². The predicted octanol–water partition coefficient (Wildman–Crippen LogP) is -0.599. The Morgan fingerprint density at radius 2 is 1.29 bits per heavy atom. The summed E-state index contributed by atoms with van der Waals surface area (Å²) in [5.74, 6) is -3.10. The maximum atomic E-state index is 12.7. The summed E-state index contributed by atoms with van der Waals surface area (Å²) in [7, 11) is 0. The number of hydrogen-bond donors (Lipinski definition) is 7. The van der Waals surface area contributed by atoms with E-state index in [4.69, 9.17) is 10.8 Å². The molecule has 3 atom stereocenters. The van der Waals surface area contributed by atoms with Crippen LogP contribution in [0.4, 0.5) is 0 Å². The first kappa shape index (κ1) is 26.1. The third kappa shape index (κ3) is 8.43. The van der Waals surface area contributed by atoms with Gasteiger partial charge in [0.05, 0.1) is 6.04 Å². The van der Waals surface area contributed by atoms with Gasteiger partial charge < -0.3 is 37.0 Å². The molecule has 0 aromatic heterocycles. The van der Waals surface area contributed by atoms with Crippen molar-refractivity contribution in [3.8, 4) is 11.5 Å². The van der Waals surface area contributed by atoms with Crippen molar-refractivity contribution in [2.75, 3.05) is 6.54 Å². The fourth-order valence-corrected chi connectivity index (χ4v) is 3.02. The third-order valence-electron chi connectivity index (χ3n) is 4.90. The molecule has 0 fully saturated rings. The summed E-state index contributed by atoms with van der Waals surface area (Å²) in [4.78, 5) is 48.3. The summed E-state index contributed by atoms with van der Waals surface area (Å²) in [5.41, 5.74) is 7.26. The van der Waals surface area contributed by atoms with Crippen molar-refractivity contribution in [1.82, 2.24) is 16.0 Å². The monoisotopic (exact) mass is 472 g/mol. The quantitative estimate of drug-likeness (QED) is 0.225. The van der Waals surface area contributed by atoms with E-state index in [1.54, 1.807) is 24.3 Å².